The van der Waals surface area contributed by atoms with Crippen LogP contribution in [0.4, 0.5) is 0 Å². The van der Waals surface area contributed by atoms with Gasteiger partial charge in [0.1, 0.15) is 0 Å². The number of hydrogen-bond donors (Lipinski definition) is 2. The first kappa shape index (κ1) is 12.3. The van der Waals surface area contributed by atoms with E-state index in [1.165, 1.54) is 0 Å². The molecule has 0 fully saturated rings. The second-order valence-corrected chi connectivity index (χ2v) is 4.77. The monoisotopic (exact) mass is 234 g/mol. The van der Waals surface area contributed by atoms with Crippen molar-refractivity contribution in [3.63, 3.8) is 0 Å². The fourth-order valence-corrected chi connectivity index (χ4v) is 2.78. The highest BCUT2D eigenvalue weighted by Crippen LogP contribution is 2.33. The van der Waals surface area contributed by atoms with Crippen LogP contribution in [0.15, 0.2) is 6.07 Å². The van der Waals surface area contributed by atoms with Crippen molar-refractivity contribution >= 4 is 5.78 Å². The molecule has 0 spiro atoms. The van der Waals surface area contributed by atoms with Crippen molar-refractivity contribution in [1.29, 1.82) is 0 Å². The number of Topliss-reactive ketones (excluding diaryl/α,β-unsaturated/α-hetero) is 1. The summed E-state index contributed by atoms with van der Waals surface area (Å²) >= 11 is 0. The summed E-state index contributed by atoms with van der Waals surface area (Å²) in [5.74, 6) is 0.237. The molecular formula is C14H18O3. The number of rotatable bonds is 3. The molecule has 1 unspecified atom stereocenters. The van der Waals surface area contributed by atoms with Gasteiger partial charge in [0, 0.05) is 18.1 Å². The van der Waals surface area contributed by atoms with Crippen LogP contribution in [0.2, 0.25) is 0 Å². The summed E-state index contributed by atoms with van der Waals surface area (Å²) in [4.78, 5) is 12.0. The minimum absolute atomic E-state index is 0.0357. The van der Waals surface area contributed by atoms with E-state index in [1.807, 2.05) is 19.9 Å². The zero-order valence-electron chi connectivity index (χ0n) is 10.3. The van der Waals surface area contributed by atoms with E-state index in [4.69, 9.17) is 5.11 Å². The molecule has 3 heteroatoms. The van der Waals surface area contributed by atoms with E-state index in [9.17, 15) is 9.90 Å². The van der Waals surface area contributed by atoms with Crippen molar-refractivity contribution in [3.8, 4) is 0 Å². The number of benzene rings is 1. The Kier molecular flexibility index (Phi) is 3.31. The molecule has 0 amide bonds. The normalized spacial score (nSPS) is 18.6. The number of ketones is 1. The van der Waals surface area contributed by atoms with Gasteiger partial charge < -0.3 is 10.2 Å². The Bertz CT molecular complexity index is 463. The minimum Gasteiger partial charge on any atom is -0.396 e. The molecule has 0 aliphatic heterocycles. The van der Waals surface area contributed by atoms with Crippen molar-refractivity contribution in [2.24, 2.45) is 5.92 Å². The number of fused-ring (bicyclic) bond motifs is 1. The summed E-state index contributed by atoms with van der Waals surface area (Å²) < 4.78 is 0. The van der Waals surface area contributed by atoms with Crippen LogP contribution in [0.3, 0.4) is 0 Å². The highest BCUT2D eigenvalue weighted by atomic mass is 16.3. The molecule has 2 N–H and O–H groups in total. The van der Waals surface area contributed by atoms with Gasteiger partial charge in [-0.1, -0.05) is 13.0 Å². The van der Waals surface area contributed by atoms with E-state index in [2.05, 4.69) is 0 Å². The second-order valence-electron chi connectivity index (χ2n) is 4.77. The largest absolute Gasteiger partial charge is 0.396 e. The summed E-state index contributed by atoms with van der Waals surface area (Å²) in [6, 6.07) is 1.93. The molecule has 0 saturated carbocycles. The van der Waals surface area contributed by atoms with Crippen molar-refractivity contribution in [1.82, 2.24) is 0 Å². The van der Waals surface area contributed by atoms with Crippen LogP contribution in [-0.4, -0.2) is 22.6 Å². The lowest BCUT2D eigenvalue weighted by Gasteiger charge is -2.14. The molecule has 0 saturated heterocycles. The predicted molar refractivity (Wildman–Crippen MR) is 65.1 cm³/mol. The van der Waals surface area contributed by atoms with Crippen molar-refractivity contribution in [2.75, 3.05) is 6.61 Å². The fraction of sp³-hybridized carbons (Fsp3) is 0.500. The molecule has 0 heterocycles. The van der Waals surface area contributed by atoms with Crippen molar-refractivity contribution in [3.05, 3.63) is 33.9 Å². The standard InChI is InChI=1S/C14H18O3/c1-8-5-10-6-11(7-16)12(3-4-15)9(2)13(10)14(8)17/h6,8,15-16H,3-5,7H2,1-2H3. The molecule has 2 rings (SSSR count). The molecule has 0 aromatic heterocycles. The minimum atomic E-state index is -0.0357. The average molecular weight is 234 g/mol. The third-order valence-electron chi connectivity index (χ3n) is 3.64. The van der Waals surface area contributed by atoms with Crippen LogP contribution in [0, 0.1) is 12.8 Å². The molecule has 3 nitrogen and oxygen atoms in total. The van der Waals surface area contributed by atoms with Crippen LogP contribution in [0.5, 0.6) is 0 Å². The van der Waals surface area contributed by atoms with Gasteiger partial charge in [-0.05, 0) is 42.0 Å². The van der Waals surface area contributed by atoms with Gasteiger partial charge in [-0.15, -0.1) is 0 Å². The lowest BCUT2D eigenvalue weighted by atomic mass is 9.92. The van der Waals surface area contributed by atoms with Crippen LogP contribution in [0.25, 0.3) is 0 Å². The molecule has 1 aromatic carbocycles. The molecule has 1 atom stereocenters. The number of aliphatic hydroxyl groups is 2. The van der Waals surface area contributed by atoms with E-state index < -0.39 is 0 Å². The maximum atomic E-state index is 12.0. The molecule has 92 valence electrons. The van der Waals surface area contributed by atoms with Crippen LogP contribution < -0.4 is 0 Å². The highest BCUT2D eigenvalue weighted by molar-refractivity contribution is 6.03. The van der Waals surface area contributed by atoms with Gasteiger partial charge in [-0.3, -0.25) is 4.79 Å². The van der Waals surface area contributed by atoms with Gasteiger partial charge in [0.15, 0.2) is 5.78 Å². The number of aliphatic hydroxyl groups excluding tert-OH is 2. The maximum Gasteiger partial charge on any atom is 0.166 e. The summed E-state index contributed by atoms with van der Waals surface area (Å²) in [5.41, 5.74) is 4.58. The van der Waals surface area contributed by atoms with Gasteiger partial charge in [0.05, 0.1) is 6.61 Å². The Hall–Kier alpha value is -1.19. The first-order valence-corrected chi connectivity index (χ1v) is 6.00. The number of carbonyl (C=O) groups is 1. The van der Waals surface area contributed by atoms with E-state index in [0.717, 1.165) is 34.2 Å². The SMILES string of the molecule is Cc1c(CCO)c(CO)cc2c1C(=O)C(C)C2. The third-order valence-corrected chi connectivity index (χ3v) is 3.64. The average Bonchev–Trinajstić information content (AvgIpc) is 2.59. The molecule has 0 radical (unpaired) electrons. The Labute approximate surface area is 101 Å². The van der Waals surface area contributed by atoms with Crippen molar-refractivity contribution in [2.45, 2.75) is 33.3 Å². The summed E-state index contributed by atoms with van der Waals surface area (Å²) in [7, 11) is 0. The summed E-state index contributed by atoms with van der Waals surface area (Å²) in [6.07, 6.45) is 1.26. The second kappa shape index (κ2) is 4.59. The van der Waals surface area contributed by atoms with E-state index >= 15 is 0 Å². The first-order chi connectivity index (χ1) is 8.10. The Morgan fingerprint density at radius 3 is 2.71 bits per heavy atom. The van der Waals surface area contributed by atoms with Gasteiger partial charge in [-0.25, -0.2) is 0 Å². The van der Waals surface area contributed by atoms with Gasteiger partial charge in [0.2, 0.25) is 0 Å². The molecule has 0 bridgehead atoms. The topological polar surface area (TPSA) is 57.5 Å². The quantitative estimate of drug-likeness (QED) is 0.831. The van der Waals surface area contributed by atoms with Gasteiger partial charge >= 0.3 is 0 Å². The Morgan fingerprint density at radius 1 is 1.41 bits per heavy atom. The molecule has 1 aliphatic rings. The fourth-order valence-electron chi connectivity index (χ4n) is 2.78. The van der Waals surface area contributed by atoms with Gasteiger partial charge in [-0.2, -0.15) is 0 Å². The van der Waals surface area contributed by atoms with Crippen molar-refractivity contribution < 1.29 is 15.0 Å². The molecular weight excluding hydrogens is 216 g/mol. The highest BCUT2D eigenvalue weighted by Gasteiger charge is 2.30. The van der Waals surface area contributed by atoms with Gasteiger partial charge in [0.25, 0.3) is 0 Å². The molecule has 1 aliphatic carbocycles. The third kappa shape index (κ3) is 1.90. The van der Waals surface area contributed by atoms with Crippen LogP contribution in [0.1, 0.15) is 39.5 Å². The lowest BCUT2D eigenvalue weighted by Crippen LogP contribution is -2.08. The van der Waals surface area contributed by atoms with Crippen LogP contribution in [-0.2, 0) is 19.4 Å². The predicted octanol–water partition coefficient (Wildman–Crippen LogP) is 1.40. The number of carbonyl (C=O) groups excluding carboxylic acids is 1. The maximum absolute atomic E-state index is 12.0. The van der Waals surface area contributed by atoms with E-state index in [1.54, 1.807) is 0 Å². The molecule has 1 aromatic rings. The Balaban J connectivity index is 2.60. The van der Waals surface area contributed by atoms with E-state index in [-0.39, 0.29) is 24.9 Å². The first-order valence-electron chi connectivity index (χ1n) is 6.00. The summed E-state index contributed by atoms with van der Waals surface area (Å²) in [6.45, 7) is 3.85. The zero-order chi connectivity index (χ0) is 12.6. The Morgan fingerprint density at radius 2 is 2.12 bits per heavy atom. The number of hydrogen-bond acceptors (Lipinski definition) is 3. The lowest BCUT2D eigenvalue weighted by molar-refractivity contribution is 0.0945. The zero-order valence-corrected chi connectivity index (χ0v) is 10.3. The van der Waals surface area contributed by atoms with E-state index in [0.29, 0.717) is 6.42 Å². The smallest absolute Gasteiger partial charge is 0.166 e. The van der Waals surface area contributed by atoms with Crippen LogP contribution >= 0.6 is 0 Å². The summed E-state index contributed by atoms with van der Waals surface area (Å²) in [5, 5.41) is 18.4. The molecule has 17 heavy (non-hydrogen) atoms.